The van der Waals surface area contributed by atoms with Crippen LogP contribution in [-0.4, -0.2) is 41.7 Å². The van der Waals surface area contributed by atoms with Gasteiger partial charge in [-0.1, -0.05) is 77.5 Å². The van der Waals surface area contributed by atoms with Gasteiger partial charge < -0.3 is 15.0 Å². The van der Waals surface area contributed by atoms with Crippen LogP contribution in [0, 0.1) is 0 Å². The monoisotopic (exact) mass is 582 g/mol. The first-order chi connectivity index (χ1) is 17.9. The highest BCUT2D eigenvalue weighted by Crippen LogP contribution is 2.21. The first-order valence-electron chi connectivity index (χ1n) is 12.5. The Labute approximate surface area is 233 Å². The fourth-order valence-corrected chi connectivity index (χ4v) is 4.98. The molecule has 2 amide bonds. The molecule has 0 bridgehead atoms. The van der Waals surface area contributed by atoms with Crippen LogP contribution in [-0.2, 0) is 28.3 Å². The Balaban J connectivity index is 1.82. The highest BCUT2D eigenvalue weighted by Gasteiger charge is 2.30. The summed E-state index contributed by atoms with van der Waals surface area (Å²) in [5, 5.41) is 3.11. The van der Waals surface area contributed by atoms with Gasteiger partial charge in [0.05, 0.1) is 12.9 Å². The molecule has 0 spiro atoms. The second kappa shape index (κ2) is 14.8. The average molecular weight is 584 g/mol. The largest absolute Gasteiger partial charge is 0.497 e. The Morgan fingerprint density at radius 1 is 0.946 bits per heavy atom. The molecule has 0 radical (unpaired) electrons. The molecule has 0 saturated carbocycles. The maximum Gasteiger partial charge on any atom is 0.243 e. The predicted molar refractivity (Wildman–Crippen MR) is 156 cm³/mol. The average Bonchev–Trinajstić information content (AvgIpc) is 2.92. The van der Waals surface area contributed by atoms with Crippen LogP contribution in [0.25, 0.3) is 0 Å². The SMILES string of the molecule is CC[C@@H](C)NC(=O)[C@@H](Cc1ccccc1)N(Cc1ccc(Br)cc1)C(=O)CSCc1ccc(OC)cc1. The number of nitrogens with zero attached hydrogens (tertiary/aromatic N) is 1. The molecular formula is C30H35BrN2O3S. The Morgan fingerprint density at radius 2 is 1.59 bits per heavy atom. The number of carbonyl (C=O) groups is 2. The zero-order valence-electron chi connectivity index (χ0n) is 21.7. The van der Waals surface area contributed by atoms with Gasteiger partial charge >= 0.3 is 0 Å². The Kier molecular flexibility index (Phi) is 11.5. The van der Waals surface area contributed by atoms with Crippen LogP contribution in [0.1, 0.15) is 37.0 Å². The van der Waals surface area contributed by atoms with Crippen molar-refractivity contribution in [3.63, 3.8) is 0 Å². The van der Waals surface area contributed by atoms with E-state index in [-0.39, 0.29) is 23.6 Å². The zero-order chi connectivity index (χ0) is 26.6. The number of hydrogen-bond donors (Lipinski definition) is 1. The molecule has 7 heteroatoms. The van der Waals surface area contributed by atoms with Gasteiger partial charge in [-0.05, 0) is 54.3 Å². The summed E-state index contributed by atoms with van der Waals surface area (Å²) < 4.78 is 6.20. The van der Waals surface area contributed by atoms with Crippen LogP contribution in [0.2, 0.25) is 0 Å². The number of halogens is 1. The van der Waals surface area contributed by atoms with Crippen molar-refractivity contribution < 1.29 is 14.3 Å². The highest BCUT2D eigenvalue weighted by molar-refractivity contribution is 9.10. The van der Waals surface area contributed by atoms with Crippen molar-refractivity contribution in [3.8, 4) is 5.75 Å². The lowest BCUT2D eigenvalue weighted by atomic mass is 10.0. The number of amides is 2. The maximum absolute atomic E-state index is 13.7. The van der Waals surface area contributed by atoms with Crippen LogP contribution in [0.15, 0.2) is 83.3 Å². The van der Waals surface area contributed by atoms with Crippen molar-refractivity contribution >= 4 is 39.5 Å². The second-order valence-corrected chi connectivity index (χ2v) is 10.9. The molecule has 0 saturated heterocycles. The molecule has 37 heavy (non-hydrogen) atoms. The van der Waals surface area contributed by atoms with Crippen LogP contribution in [0.5, 0.6) is 5.75 Å². The van der Waals surface area contributed by atoms with Crippen molar-refractivity contribution in [2.24, 2.45) is 0 Å². The number of hydrogen-bond acceptors (Lipinski definition) is 4. The molecule has 1 N–H and O–H groups in total. The molecule has 3 aromatic carbocycles. The van der Waals surface area contributed by atoms with Crippen LogP contribution < -0.4 is 10.1 Å². The van der Waals surface area contributed by atoms with E-state index in [1.54, 1.807) is 23.8 Å². The van der Waals surface area contributed by atoms with Gasteiger partial charge in [-0.3, -0.25) is 9.59 Å². The van der Waals surface area contributed by atoms with Gasteiger partial charge in [0.25, 0.3) is 0 Å². The number of nitrogens with one attached hydrogen (secondary N) is 1. The van der Waals surface area contributed by atoms with Gasteiger partial charge in [-0.2, -0.15) is 0 Å². The molecule has 2 atom stereocenters. The fourth-order valence-electron chi connectivity index (χ4n) is 3.84. The van der Waals surface area contributed by atoms with E-state index in [9.17, 15) is 9.59 Å². The maximum atomic E-state index is 13.7. The van der Waals surface area contributed by atoms with Gasteiger partial charge in [0, 0.05) is 29.2 Å². The Bertz CT molecular complexity index is 1120. The van der Waals surface area contributed by atoms with Crippen molar-refractivity contribution in [2.45, 2.75) is 51.1 Å². The number of rotatable bonds is 13. The molecule has 196 valence electrons. The third-order valence-corrected chi connectivity index (χ3v) is 7.71. The second-order valence-electron chi connectivity index (χ2n) is 9.01. The zero-order valence-corrected chi connectivity index (χ0v) is 24.1. The van der Waals surface area contributed by atoms with Gasteiger partial charge in [0.2, 0.25) is 11.8 Å². The van der Waals surface area contributed by atoms with Crippen LogP contribution in [0.4, 0.5) is 0 Å². The van der Waals surface area contributed by atoms with Gasteiger partial charge in [0.15, 0.2) is 0 Å². The molecule has 0 fully saturated rings. The minimum Gasteiger partial charge on any atom is -0.497 e. The highest BCUT2D eigenvalue weighted by atomic mass is 79.9. The molecule has 0 aliphatic carbocycles. The number of benzene rings is 3. The van der Waals surface area contributed by atoms with E-state index in [0.29, 0.717) is 18.7 Å². The van der Waals surface area contributed by atoms with E-state index in [0.717, 1.165) is 33.3 Å². The van der Waals surface area contributed by atoms with Crippen molar-refractivity contribution in [3.05, 3.63) is 100 Å². The number of thioether (sulfide) groups is 1. The first-order valence-corrected chi connectivity index (χ1v) is 14.4. The van der Waals surface area contributed by atoms with Gasteiger partial charge in [-0.15, -0.1) is 11.8 Å². The number of ether oxygens (including phenoxy) is 1. The normalized spacial score (nSPS) is 12.4. The summed E-state index contributed by atoms with van der Waals surface area (Å²) in [6.07, 6.45) is 1.27. The van der Waals surface area contributed by atoms with Crippen molar-refractivity contribution in [2.75, 3.05) is 12.9 Å². The van der Waals surface area contributed by atoms with E-state index in [4.69, 9.17) is 4.74 Å². The first kappa shape index (κ1) is 28.8. The molecular weight excluding hydrogens is 548 g/mol. The minimum absolute atomic E-state index is 0.0276. The molecule has 0 heterocycles. The number of carbonyl (C=O) groups excluding carboxylic acids is 2. The lowest BCUT2D eigenvalue weighted by Gasteiger charge is -2.32. The molecule has 0 aromatic heterocycles. The van der Waals surface area contributed by atoms with E-state index in [1.165, 1.54) is 0 Å². The summed E-state index contributed by atoms with van der Waals surface area (Å²) in [5.74, 6) is 1.61. The van der Waals surface area contributed by atoms with Crippen LogP contribution >= 0.6 is 27.7 Å². The summed E-state index contributed by atoms with van der Waals surface area (Å²) >= 11 is 5.03. The molecule has 0 aliphatic heterocycles. The molecule has 0 aliphatic rings. The molecule has 0 unspecified atom stereocenters. The Morgan fingerprint density at radius 3 is 2.22 bits per heavy atom. The van der Waals surface area contributed by atoms with Gasteiger partial charge in [-0.25, -0.2) is 0 Å². The lowest BCUT2D eigenvalue weighted by molar-refractivity contribution is -0.139. The molecule has 5 nitrogen and oxygen atoms in total. The predicted octanol–water partition coefficient (Wildman–Crippen LogP) is 6.25. The standard InChI is InChI=1S/C30H35BrN2O3S/c1-4-22(2)32-30(35)28(18-23-8-6-5-7-9-23)33(19-24-10-14-26(31)15-11-24)29(34)21-37-20-25-12-16-27(36-3)17-13-25/h5-17,22,28H,4,18-21H2,1-3H3,(H,32,35)/t22-,28-/m1/s1. The summed E-state index contributed by atoms with van der Waals surface area (Å²) in [4.78, 5) is 29.0. The summed E-state index contributed by atoms with van der Waals surface area (Å²) in [6, 6.07) is 25.1. The van der Waals surface area contributed by atoms with E-state index in [2.05, 4.69) is 21.2 Å². The van der Waals surface area contributed by atoms with Crippen LogP contribution in [0.3, 0.4) is 0 Å². The summed E-state index contributed by atoms with van der Waals surface area (Å²) in [6.45, 7) is 4.39. The third kappa shape index (κ3) is 9.24. The van der Waals surface area contributed by atoms with E-state index < -0.39 is 6.04 Å². The van der Waals surface area contributed by atoms with Gasteiger partial charge in [0.1, 0.15) is 11.8 Å². The third-order valence-electron chi connectivity index (χ3n) is 6.19. The minimum atomic E-state index is -0.617. The molecule has 3 aromatic rings. The lowest BCUT2D eigenvalue weighted by Crippen LogP contribution is -2.52. The van der Waals surface area contributed by atoms with Crippen molar-refractivity contribution in [1.82, 2.24) is 10.2 Å². The molecule has 3 rings (SSSR count). The van der Waals surface area contributed by atoms with Crippen molar-refractivity contribution in [1.29, 1.82) is 0 Å². The summed E-state index contributed by atoms with van der Waals surface area (Å²) in [7, 11) is 1.64. The van der Waals surface area contributed by atoms with E-state index in [1.807, 2.05) is 92.7 Å². The smallest absolute Gasteiger partial charge is 0.243 e. The Hall–Kier alpha value is -2.77. The fraction of sp³-hybridized carbons (Fsp3) is 0.333. The quantitative estimate of drug-likeness (QED) is 0.259. The number of methoxy groups -OCH3 is 1. The summed E-state index contributed by atoms with van der Waals surface area (Å²) in [5.41, 5.74) is 3.12. The topological polar surface area (TPSA) is 58.6 Å². The van der Waals surface area contributed by atoms with E-state index >= 15 is 0 Å².